The van der Waals surface area contributed by atoms with Crippen molar-refractivity contribution >= 4 is 0 Å². The number of rotatable bonds is 14. The molecule has 148 valence electrons. The Bertz CT molecular complexity index is 211. The van der Waals surface area contributed by atoms with E-state index in [-0.39, 0.29) is 6.61 Å². The van der Waals surface area contributed by atoms with E-state index in [2.05, 4.69) is 48.8 Å². The van der Waals surface area contributed by atoms with Gasteiger partial charge in [-0.25, -0.2) is 0 Å². The molecule has 0 aromatic rings. The fourth-order valence-electron chi connectivity index (χ4n) is 2.94. The third-order valence-electron chi connectivity index (χ3n) is 4.71. The number of nitrogens with zero attached hydrogens (tertiary/aromatic N) is 2. The van der Waals surface area contributed by atoms with E-state index in [4.69, 9.17) is 5.11 Å². The Morgan fingerprint density at radius 2 is 0.833 bits per heavy atom. The summed E-state index contributed by atoms with van der Waals surface area (Å²) in [5.41, 5.74) is 0. The third-order valence-corrected chi connectivity index (χ3v) is 4.71. The van der Waals surface area contributed by atoms with Gasteiger partial charge in [-0.1, -0.05) is 53.4 Å². The van der Waals surface area contributed by atoms with Crippen molar-refractivity contribution in [3.8, 4) is 0 Å². The predicted molar refractivity (Wildman–Crippen MR) is 109 cm³/mol. The van der Waals surface area contributed by atoms with Crippen LogP contribution in [0, 0.1) is 0 Å². The van der Waals surface area contributed by atoms with Crippen molar-refractivity contribution in [3.05, 3.63) is 0 Å². The van der Waals surface area contributed by atoms with E-state index < -0.39 is 0 Å². The Kier molecular flexibility index (Phi) is 17.8. The van der Waals surface area contributed by atoms with Gasteiger partial charge in [0.25, 0.3) is 0 Å². The molecule has 0 rings (SSSR count). The van der Waals surface area contributed by atoms with Crippen LogP contribution in [-0.2, 0) is 0 Å². The molecule has 0 heterocycles. The second-order valence-electron chi connectivity index (χ2n) is 8.39. The molecule has 0 aromatic carbocycles. The van der Waals surface area contributed by atoms with E-state index in [1.54, 1.807) is 0 Å². The zero-order valence-electron chi connectivity index (χ0n) is 18.2. The van der Waals surface area contributed by atoms with E-state index in [1.807, 2.05) is 0 Å². The van der Waals surface area contributed by atoms with Gasteiger partial charge >= 0.3 is 0 Å². The molecule has 0 saturated heterocycles. The SMILES string of the molecule is CCCC[N+](CCCC)(CCCC)CCCC.C[N+](C)(C)CCO. The third kappa shape index (κ3) is 16.7. The van der Waals surface area contributed by atoms with Gasteiger partial charge in [0.15, 0.2) is 0 Å². The summed E-state index contributed by atoms with van der Waals surface area (Å²) in [5.74, 6) is 0. The van der Waals surface area contributed by atoms with Gasteiger partial charge in [0.2, 0.25) is 0 Å². The highest BCUT2D eigenvalue weighted by Gasteiger charge is 2.24. The van der Waals surface area contributed by atoms with Crippen LogP contribution >= 0.6 is 0 Å². The van der Waals surface area contributed by atoms with Crippen LogP contribution in [0.3, 0.4) is 0 Å². The average molecular weight is 347 g/mol. The van der Waals surface area contributed by atoms with Gasteiger partial charge in [0.05, 0.1) is 53.9 Å². The lowest BCUT2D eigenvalue weighted by Gasteiger charge is -2.39. The van der Waals surface area contributed by atoms with Crippen LogP contribution in [0.15, 0.2) is 0 Å². The highest BCUT2D eigenvalue weighted by Crippen LogP contribution is 2.16. The Labute approximate surface area is 154 Å². The lowest BCUT2D eigenvalue weighted by Crippen LogP contribution is -2.50. The topological polar surface area (TPSA) is 20.2 Å². The standard InChI is InChI=1S/C16H36N.C5H14NO/c1-5-9-13-17(14-10-6-2,15-11-7-3)16-12-8-4;1-6(2,3)4-5-7/h5-16H2,1-4H3;7H,4-5H2,1-3H3/q2*+1. The van der Waals surface area contributed by atoms with Gasteiger partial charge in [0, 0.05) is 0 Å². The van der Waals surface area contributed by atoms with Crippen LogP contribution < -0.4 is 0 Å². The lowest BCUT2D eigenvalue weighted by atomic mass is 10.1. The van der Waals surface area contributed by atoms with Crippen molar-refractivity contribution in [3.63, 3.8) is 0 Å². The van der Waals surface area contributed by atoms with Crippen LogP contribution in [0.5, 0.6) is 0 Å². The zero-order chi connectivity index (χ0) is 18.9. The fourth-order valence-corrected chi connectivity index (χ4v) is 2.94. The maximum Gasteiger partial charge on any atom is 0.101 e. The molecule has 0 saturated carbocycles. The Hall–Kier alpha value is -0.120. The number of quaternary nitrogens is 2. The normalized spacial score (nSPS) is 12.0. The Morgan fingerprint density at radius 1 is 0.542 bits per heavy atom. The molecule has 0 aliphatic heterocycles. The van der Waals surface area contributed by atoms with Gasteiger partial charge in [-0.3, -0.25) is 0 Å². The summed E-state index contributed by atoms with van der Waals surface area (Å²) in [7, 11) is 6.16. The molecular weight excluding hydrogens is 296 g/mol. The molecule has 3 heteroatoms. The Balaban J connectivity index is 0. The first-order valence-electron chi connectivity index (χ1n) is 10.6. The van der Waals surface area contributed by atoms with Gasteiger partial charge < -0.3 is 14.1 Å². The minimum Gasteiger partial charge on any atom is -0.391 e. The second kappa shape index (κ2) is 16.4. The molecule has 0 bridgehead atoms. The summed E-state index contributed by atoms with van der Waals surface area (Å²) < 4.78 is 2.26. The van der Waals surface area contributed by atoms with Crippen molar-refractivity contribution in [2.75, 3.05) is 60.5 Å². The molecule has 0 amide bonds. The zero-order valence-corrected chi connectivity index (χ0v) is 18.2. The minimum absolute atomic E-state index is 0.281. The molecule has 0 aromatic heterocycles. The van der Waals surface area contributed by atoms with Gasteiger partial charge in [-0.15, -0.1) is 0 Å². The van der Waals surface area contributed by atoms with Crippen molar-refractivity contribution in [2.24, 2.45) is 0 Å². The van der Waals surface area contributed by atoms with E-state index in [9.17, 15) is 0 Å². The van der Waals surface area contributed by atoms with Crippen LogP contribution in [-0.4, -0.2) is 74.5 Å². The number of unbranched alkanes of at least 4 members (excludes halogenated alkanes) is 4. The first-order valence-corrected chi connectivity index (χ1v) is 10.6. The average Bonchev–Trinajstić information content (AvgIpc) is 2.53. The molecule has 0 aliphatic carbocycles. The first-order chi connectivity index (χ1) is 11.3. The lowest BCUT2D eigenvalue weighted by molar-refractivity contribution is -0.929. The molecule has 3 nitrogen and oxygen atoms in total. The minimum atomic E-state index is 0.281. The van der Waals surface area contributed by atoms with Gasteiger partial charge in [-0.05, 0) is 25.7 Å². The molecular formula is C21H50N2O+2. The van der Waals surface area contributed by atoms with Crippen LogP contribution in [0.1, 0.15) is 79.1 Å². The second-order valence-corrected chi connectivity index (χ2v) is 8.39. The number of likely N-dealkylation sites (N-methyl/N-ethyl adjacent to an activating group) is 1. The van der Waals surface area contributed by atoms with E-state index in [1.165, 1.54) is 82.0 Å². The predicted octanol–water partition coefficient (Wildman–Crippen LogP) is 4.69. The molecule has 0 radical (unpaired) electrons. The van der Waals surface area contributed by atoms with Crippen molar-refractivity contribution < 1.29 is 14.1 Å². The number of aliphatic hydroxyl groups is 1. The monoisotopic (exact) mass is 346 g/mol. The van der Waals surface area contributed by atoms with Crippen molar-refractivity contribution in [1.29, 1.82) is 0 Å². The van der Waals surface area contributed by atoms with Gasteiger partial charge in [0.1, 0.15) is 6.54 Å². The quantitative estimate of drug-likeness (QED) is 0.452. The summed E-state index contributed by atoms with van der Waals surface area (Å²) in [4.78, 5) is 0. The van der Waals surface area contributed by atoms with Crippen molar-refractivity contribution in [2.45, 2.75) is 79.1 Å². The first kappa shape index (κ1) is 26.1. The molecule has 0 fully saturated rings. The molecule has 1 N–H and O–H groups in total. The summed E-state index contributed by atoms with van der Waals surface area (Å²) in [6, 6.07) is 0. The smallest absolute Gasteiger partial charge is 0.101 e. The van der Waals surface area contributed by atoms with E-state index in [0.717, 1.165) is 11.0 Å². The molecule has 24 heavy (non-hydrogen) atoms. The molecule has 0 aliphatic rings. The van der Waals surface area contributed by atoms with Crippen molar-refractivity contribution in [1.82, 2.24) is 0 Å². The molecule has 0 atom stereocenters. The fraction of sp³-hybridized carbons (Fsp3) is 1.00. The van der Waals surface area contributed by atoms with Gasteiger partial charge in [-0.2, -0.15) is 0 Å². The highest BCUT2D eigenvalue weighted by atomic mass is 16.3. The van der Waals surface area contributed by atoms with Crippen LogP contribution in [0.25, 0.3) is 0 Å². The molecule has 0 unspecified atom stereocenters. The summed E-state index contributed by atoms with van der Waals surface area (Å²) in [6.45, 7) is 16.1. The maximum atomic E-state index is 8.39. The van der Waals surface area contributed by atoms with E-state index in [0.29, 0.717) is 0 Å². The number of aliphatic hydroxyl groups excluding tert-OH is 1. The van der Waals surface area contributed by atoms with E-state index >= 15 is 0 Å². The summed E-state index contributed by atoms with van der Waals surface area (Å²) in [6.07, 6.45) is 11.1. The summed E-state index contributed by atoms with van der Waals surface area (Å²) >= 11 is 0. The largest absolute Gasteiger partial charge is 0.391 e. The highest BCUT2D eigenvalue weighted by molar-refractivity contribution is 4.49. The van der Waals surface area contributed by atoms with Crippen LogP contribution in [0.4, 0.5) is 0 Å². The number of hydrogen-bond donors (Lipinski definition) is 1. The maximum absolute atomic E-state index is 8.39. The molecule has 0 spiro atoms. The van der Waals surface area contributed by atoms with Crippen LogP contribution in [0.2, 0.25) is 0 Å². The summed E-state index contributed by atoms with van der Waals surface area (Å²) in [5, 5.41) is 8.39. The Morgan fingerprint density at radius 3 is 0.958 bits per heavy atom. The number of hydrogen-bond acceptors (Lipinski definition) is 1.